The van der Waals surface area contributed by atoms with E-state index < -0.39 is 23.7 Å². The largest absolute Gasteiger partial charge is 0.497 e. The Labute approximate surface area is 131 Å². The second-order valence-corrected chi connectivity index (χ2v) is 5.61. The topological polar surface area (TPSA) is 64.3 Å². The van der Waals surface area contributed by atoms with Crippen LogP contribution in [0, 0.1) is 0 Å². The minimum Gasteiger partial charge on any atom is -0.497 e. The van der Waals surface area contributed by atoms with Crippen molar-refractivity contribution in [3.05, 3.63) is 29.3 Å². The van der Waals surface area contributed by atoms with Gasteiger partial charge < -0.3 is 15.8 Å². The highest BCUT2D eigenvalue weighted by molar-refractivity contribution is 7.98. The Balaban J connectivity index is 2.79. The molecule has 0 aliphatic heterocycles. The van der Waals surface area contributed by atoms with Crippen molar-refractivity contribution in [2.24, 2.45) is 5.73 Å². The number of methoxy groups -OCH3 is 1. The van der Waals surface area contributed by atoms with Crippen molar-refractivity contribution in [3.8, 4) is 5.75 Å². The molecule has 4 nitrogen and oxygen atoms in total. The zero-order valence-electron chi connectivity index (χ0n) is 12.4. The second-order valence-electron chi connectivity index (χ2n) is 4.63. The fraction of sp³-hybridized carbons (Fsp3) is 0.500. The third-order valence-electron chi connectivity index (χ3n) is 3.05. The fourth-order valence-electron chi connectivity index (χ4n) is 1.79. The van der Waals surface area contributed by atoms with Crippen LogP contribution in [-0.4, -0.2) is 31.1 Å². The van der Waals surface area contributed by atoms with Crippen LogP contribution in [0.15, 0.2) is 18.2 Å². The average molecular weight is 336 g/mol. The number of benzene rings is 1. The lowest BCUT2D eigenvalue weighted by Gasteiger charge is -2.16. The van der Waals surface area contributed by atoms with E-state index >= 15 is 0 Å². The minimum atomic E-state index is -4.52. The number of carbonyl (C=O) groups is 1. The molecule has 124 valence electrons. The zero-order chi connectivity index (χ0) is 16.8. The predicted molar refractivity (Wildman–Crippen MR) is 80.8 cm³/mol. The summed E-state index contributed by atoms with van der Waals surface area (Å²) in [6.07, 6.45) is -2.16. The van der Waals surface area contributed by atoms with Crippen molar-refractivity contribution < 1.29 is 22.7 Å². The van der Waals surface area contributed by atoms with E-state index in [4.69, 9.17) is 10.5 Å². The first kappa shape index (κ1) is 18.6. The molecule has 3 N–H and O–H groups in total. The van der Waals surface area contributed by atoms with E-state index in [9.17, 15) is 18.0 Å². The molecule has 0 unspecified atom stereocenters. The van der Waals surface area contributed by atoms with E-state index in [0.717, 1.165) is 6.07 Å². The molecule has 1 rings (SSSR count). The lowest BCUT2D eigenvalue weighted by atomic mass is 10.1. The molecule has 1 aromatic carbocycles. The van der Waals surface area contributed by atoms with Gasteiger partial charge in [0.15, 0.2) is 0 Å². The summed E-state index contributed by atoms with van der Waals surface area (Å²) in [5.41, 5.74) is 4.81. The van der Waals surface area contributed by atoms with Gasteiger partial charge in [-0.2, -0.15) is 24.9 Å². The molecule has 0 heterocycles. The number of amides is 1. The standard InChI is InChI=1S/C14H19F3N2O2S/c1-21-10-4-3-9(11(7-10)14(15,16)17)8-19-13(20)12(18)5-6-22-2/h3-4,7,12H,5-6,8,18H2,1-2H3,(H,19,20)/t12-/m0/s1. The Bertz CT molecular complexity index is 509. The summed E-state index contributed by atoms with van der Waals surface area (Å²) in [6.45, 7) is -0.232. The normalized spacial score (nSPS) is 12.8. The van der Waals surface area contributed by atoms with Gasteiger partial charge in [0.05, 0.1) is 18.7 Å². The van der Waals surface area contributed by atoms with Gasteiger partial charge in [-0.25, -0.2) is 0 Å². The van der Waals surface area contributed by atoms with Gasteiger partial charge in [0, 0.05) is 6.54 Å². The maximum absolute atomic E-state index is 13.0. The first-order chi connectivity index (χ1) is 10.3. The van der Waals surface area contributed by atoms with Gasteiger partial charge in [-0.05, 0) is 36.1 Å². The van der Waals surface area contributed by atoms with E-state index in [1.165, 1.54) is 19.2 Å². The van der Waals surface area contributed by atoms with E-state index in [-0.39, 0.29) is 17.9 Å². The third-order valence-corrected chi connectivity index (χ3v) is 3.69. The molecule has 0 radical (unpaired) electrons. The van der Waals surface area contributed by atoms with Gasteiger partial charge >= 0.3 is 6.18 Å². The molecular weight excluding hydrogens is 317 g/mol. The quantitative estimate of drug-likeness (QED) is 0.803. The highest BCUT2D eigenvalue weighted by Gasteiger charge is 2.33. The van der Waals surface area contributed by atoms with Crippen LogP contribution >= 0.6 is 11.8 Å². The number of ether oxygens (including phenoxy) is 1. The number of alkyl halides is 3. The molecule has 0 aromatic heterocycles. The molecule has 0 aliphatic rings. The van der Waals surface area contributed by atoms with Gasteiger partial charge in [-0.3, -0.25) is 4.79 Å². The summed E-state index contributed by atoms with van der Waals surface area (Å²) < 4.78 is 43.9. The molecule has 8 heteroatoms. The number of halogens is 3. The summed E-state index contributed by atoms with van der Waals surface area (Å²) >= 11 is 1.55. The number of hydrogen-bond donors (Lipinski definition) is 2. The van der Waals surface area contributed by atoms with Gasteiger partial charge in [-0.15, -0.1) is 0 Å². The molecular formula is C14H19F3N2O2S. The van der Waals surface area contributed by atoms with Crippen molar-refractivity contribution in [3.63, 3.8) is 0 Å². The molecule has 0 spiro atoms. The molecule has 0 saturated heterocycles. The average Bonchev–Trinajstić information content (AvgIpc) is 2.49. The van der Waals surface area contributed by atoms with Crippen molar-refractivity contribution in [2.45, 2.75) is 25.2 Å². The highest BCUT2D eigenvalue weighted by atomic mass is 32.2. The van der Waals surface area contributed by atoms with E-state index in [1.54, 1.807) is 11.8 Å². The summed E-state index contributed by atoms with van der Waals surface area (Å²) in [5.74, 6) is 0.363. The Morgan fingerprint density at radius 2 is 2.14 bits per heavy atom. The summed E-state index contributed by atoms with van der Waals surface area (Å²) in [4.78, 5) is 11.8. The highest BCUT2D eigenvalue weighted by Crippen LogP contribution is 2.34. The Kier molecular flexibility index (Phi) is 7.02. The number of carbonyl (C=O) groups excluding carboxylic acids is 1. The molecule has 0 bridgehead atoms. The third kappa shape index (κ3) is 5.42. The maximum atomic E-state index is 13.0. The number of nitrogens with one attached hydrogen (secondary N) is 1. The monoisotopic (exact) mass is 336 g/mol. The van der Waals surface area contributed by atoms with Gasteiger partial charge in [0.2, 0.25) is 5.91 Å². The van der Waals surface area contributed by atoms with Crippen LogP contribution in [0.1, 0.15) is 17.5 Å². The maximum Gasteiger partial charge on any atom is 0.416 e. The van der Waals surface area contributed by atoms with Crippen molar-refractivity contribution in [2.75, 3.05) is 19.1 Å². The molecule has 1 aromatic rings. The summed E-state index contributed by atoms with van der Waals surface area (Å²) in [7, 11) is 1.29. The van der Waals surface area contributed by atoms with Crippen LogP contribution in [0.3, 0.4) is 0 Å². The van der Waals surface area contributed by atoms with Gasteiger partial charge in [0.25, 0.3) is 0 Å². The van der Waals surface area contributed by atoms with Crippen LogP contribution in [0.25, 0.3) is 0 Å². The SMILES string of the molecule is COc1ccc(CNC(=O)[C@@H](N)CCSC)c(C(F)(F)F)c1. The summed E-state index contributed by atoms with van der Waals surface area (Å²) in [6, 6.07) is 2.90. The molecule has 0 saturated carbocycles. The van der Waals surface area contributed by atoms with Crippen molar-refractivity contribution in [1.82, 2.24) is 5.32 Å². The van der Waals surface area contributed by atoms with Crippen LogP contribution in [0.5, 0.6) is 5.75 Å². The molecule has 0 aliphatic carbocycles. The first-order valence-corrected chi connectivity index (χ1v) is 7.95. The molecule has 0 fully saturated rings. The number of thioether (sulfide) groups is 1. The second kappa shape index (κ2) is 8.28. The Morgan fingerprint density at radius 3 is 2.68 bits per heavy atom. The fourth-order valence-corrected chi connectivity index (χ4v) is 2.28. The number of hydrogen-bond acceptors (Lipinski definition) is 4. The van der Waals surface area contributed by atoms with E-state index in [2.05, 4.69) is 5.32 Å². The number of rotatable bonds is 7. The zero-order valence-corrected chi connectivity index (χ0v) is 13.2. The van der Waals surface area contributed by atoms with E-state index in [1.807, 2.05) is 6.26 Å². The van der Waals surface area contributed by atoms with Gasteiger partial charge in [-0.1, -0.05) is 6.07 Å². The Morgan fingerprint density at radius 1 is 1.45 bits per heavy atom. The molecule has 22 heavy (non-hydrogen) atoms. The number of nitrogens with two attached hydrogens (primary N) is 1. The predicted octanol–water partition coefficient (Wildman–Crippen LogP) is 2.41. The lowest BCUT2D eigenvalue weighted by Crippen LogP contribution is -2.40. The van der Waals surface area contributed by atoms with Crippen LogP contribution in [-0.2, 0) is 17.5 Å². The first-order valence-electron chi connectivity index (χ1n) is 6.56. The van der Waals surface area contributed by atoms with E-state index in [0.29, 0.717) is 12.2 Å². The molecule has 1 atom stereocenters. The van der Waals surface area contributed by atoms with Crippen LogP contribution < -0.4 is 15.8 Å². The lowest BCUT2D eigenvalue weighted by molar-refractivity contribution is -0.138. The van der Waals surface area contributed by atoms with Crippen molar-refractivity contribution >= 4 is 17.7 Å². The van der Waals surface area contributed by atoms with Crippen LogP contribution in [0.2, 0.25) is 0 Å². The van der Waals surface area contributed by atoms with Crippen LogP contribution in [0.4, 0.5) is 13.2 Å². The van der Waals surface area contributed by atoms with Gasteiger partial charge in [0.1, 0.15) is 5.75 Å². The molecule has 1 amide bonds. The Hall–Kier alpha value is -1.41. The summed E-state index contributed by atoms with van der Waals surface area (Å²) in [5, 5.41) is 2.44. The van der Waals surface area contributed by atoms with Crippen molar-refractivity contribution in [1.29, 1.82) is 0 Å². The smallest absolute Gasteiger partial charge is 0.416 e. The minimum absolute atomic E-state index is 0.0290.